The zero-order chi connectivity index (χ0) is 26.0. The standard InChI is InChI=1S/C19H22N8O5S4/c1-26(2)4-11(29)23-18-24-25-19(36-18)35-6-8-5-33-15-12(14(30)27(15)13(8)16(31)32)22-10(28)3-9-7-34-17(20)21-9/h7,12,15H,3-6H2,1-2H3,(H2,20,21)(H,22,28)(H,31,32)(H,23,24,29)/t12?,15-/m1/s1. The summed E-state index contributed by atoms with van der Waals surface area (Å²) in [5.74, 6) is -1.62. The number of aliphatic carboxylic acids is 1. The van der Waals surface area contributed by atoms with Crippen molar-refractivity contribution in [3.05, 3.63) is 22.3 Å². The Labute approximate surface area is 221 Å². The second-order valence-electron chi connectivity index (χ2n) is 8.01. The van der Waals surface area contributed by atoms with Gasteiger partial charge in [0.15, 0.2) is 9.47 Å². The van der Waals surface area contributed by atoms with Crippen molar-refractivity contribution in [1.29, 1.82) is 0 Å². The molecule has 0 aromatic carbocycles. The molecule has 1 fully saturated rings. The van der Waals surface area contributed by atoms with Crippen molar-refractivity contribution in [2.45, 2.75) is 22.2 Å². The molecule has 1 unspecified atom stereocenters. The molecule has 0 bridgehead atoms. The zero-order valence-electron chi connectivity index (χ0n) is 19.1. The van der Waals surface area contributed by atoms with Crippen molar-refractivity contribution < 1.29 is 24.3 Å². The summed E-state index contributed by atoms with van der Waals surface area (Å²) >= 11 is 5.07. The van der Waals surface area contributed by atoms with Crippen molar-refractivity contribution >= 4 is 80.2 Å². The predicted molar refractivity (Wildman–Crippen MR) is 138 cm³/mol. The monoisotopic (exact) mass is 570 g/mol. The van der Waals surface area contributed by atoms with Crippen LogP contribution < -0.4 is 16.4 Å². The van der Waals surface area contributed by atoms with Crippen molar-refractivity contribution in [3.63, 3.8) is 0 Å². The highest BCUT2D eigenvalue weighted by atomic mass is 32.2. The highest BCUT2D eigenvalue weighted by molar-refractivity contribution is 8.01. The van der Waals surface area contributed by atoms with E-state index in [1.54, 1.807) is 24.4 Å². The molecule has 2 atom stereocenters. The summed E-state index contributed by atoms with van der Waals surface area (Å²) in [6.07, 6.45) is -0.0161. The van der Waals surface area contributed by atoms with Crippen LogP contribution in [0.1, 0.15) is 5.69 Å². The maximum Gasteiger partial charge on any atom is 0.352 e. The minimum atomic E-state index is -1.21. The highest BCUT2D eigenvalue weighted by Crippen LogP contribution is 2.42. The topological polar surface area (TPSA) is 184 Å². The maximum atomic E-state index is 12.8. The number of likely N-dealkylation sites (N-methyl/N-ethyl adjacent to an activating group) is 1. The first-order valence-corrected chi connectivity index (χ1v) is 14.2. The van der Waals surface area contributed by atoms with Crippen molar-refractivity contribution in [1.82, 2.24) is 30.3 Å². The van der Waals surface area contributed by atoms with Crippen LogP contribution >= 0.6 is 46.2 Å². The summed E-state index contributed by atoms with van der Waals surface area (Å²) in [6.45, 7) is 0.208. The van der Waals surface area contributed by atoms with Gasteiger partial charge in [-0.2, -0.15) is 0 Å². The Bertz CT molecular complexity index is 1230. The number of aromatic nitrogens is 3. The minimum Gasteiger partial charge on any atom is -0.477 e. The predicted octanol–water partition coefficient (Wildman–Crippen LogP) is 0.150. The number of carbonyl (C=O) groups excluding carboxylic acids is 3. The molecule has 13 nitrogen and oxygen atoms in total. The molecule has 2 aromatic rings. The molecule has 1 saturated heterocycles. The minimum absolute atomic E-state index is 0.0161. The Morgan fingerprint density at radius 2 is 2.08 bits per heavy atom. The first kappa shape index (κ1) is 26.3. The smallest absolute Gasteiger partial charge is 0.352 e. The first-order chi connectivity index (χ1) is 17.1. The molecule has 2 aliphatic rings. The normalized spacial score (nSPS) is 19.2. The maximum absolute atomic E-state index is 12.8. The molecule has 17 heteroatoms. The molecule has 2 aromatic heterocycles. The fourth-order valence-electron chi connectivity index (χ4n) is 3.50. The van der Waals surface area contributed by atoms with E-state index in [0.29, 0.717) is 31.6 Å². The molecule has 5 N–H and O–H groups in total. The number of nitrogens with one attached hydrogen (secondary N) is 2. The Hall–Kier alpha value is -2.73. The summed E-state index contributed by atoms with van der Waals surface area (Å²) < 4.78 is 0.558. The van der Waals surface area contributed by atoms with Crippen LogP contribution in [0, 0.1) is 0 Å². The summed E-state index contributed by atoms with van der Waals surface area (Å²) in [6, 6.07) is -0.807. The number of carboxylic acids is 1. The lowest BCUT2D eigenvalue weighted by Crippen LogP contribution is -2.70. The number of hydrogen-bond acceptors (Lipinski definition) is 13. The fourth-order valence-corrected chi connectivity index (χ4v) is 7.32. The molecular weight excluding hydrogens is 549 g/mol. The molecule has 3 amide bonds. The molecule has 192 valence electrons. The first-order valence-electron chi connectivity index (χ1n) is 10.4. The Morgan fingerprint density at radius 3 is 2.75 bits per heavy atom. The van der Waals surface area contributed by atoms with Crippen molar-refractivity contribution in [3.8, 4) is 0 Å². The number of hydrogen-bond donors (Lipinski definition) is 4. The lowest BCUT2D eigenvalue weighted by Gasteiger charge is -2.49. The van der Waals surface area contributed by atoms with Crippen LogP contribution in [0.5, 0.6) is 0 Å². The number of fused-ring (bicyclic) bond motifs is 1. The van der Waals surface area contributed by atoms with E-state index in [1.807, 2.05) is 0 Å². The van der Waals surface area contributed by atoms with E-state index in [2.05, 4.69) is 25.8 Å². The summed E-state index contributed by atoms with van der Waals surface area (Å²) in [7, 11) is 3.55. The number of anilines is 2. The zero-order valence-corrected chi connectivity index (χ0v) is 22.4. The summed E-state index contributed by atoms with van der Waals surface area (Å²) in [4.78, 5) is 56.1. The van der Waals surface area contributed by atoms with Gasteiger partial charge in [-0.25, -0.2) is 9.78 Å². The third kappa shape index (κ3) is 5.97. The number of rotatable bonds is 10. The van der Waals surface area contributed by atoms with Gasteiger partial charge in [-0.15, -0.1) is 33.3 Å². The second-order valence-corrected chi connectivity index (χ2v) is 12.2. The van der Waals surface area contributed by atoms with Gasteiger partial charge >= 0.3 is 5.97 Å². The van der Waals surface area contributed by atoms with E-state index in [9.17, 15) is 24.3 Å². The number of nitrogens with two attached hydrogens (primary N) is 1. The second kappa shape index (κ2) is 11.1. The number of thioether (sulfide) groups is 2. The average molecular weight is 571 g/mol. The van der Waals surface area contributed by atoms with Crippen LogP contribution in [0.3, 0.4) is 0 Å². The third-order valence-corrected chi connectivity index (χ3v) is 9.08. The molecule has 0 aliphatic carbocycles. The number of carbonyl (C=O) groups is 4. The SMILES string of the molecule is CN(C)CC(=O)Nc1nnc(SCC2=C(C(=O)O)N3C(=O)C(NC(=O)Cc4csc(N)n4)[C@H]3SC2)s1. The number of β-lactam (4-membered cyclic amide) rings is 1. The highest BCUT2D eigenvalue weighted by Gasteiger charge is 2.54. The Kier molecular flexibility index (Phi) is 8.13. The van der Waals surface area contributed by atoms with Gasteiger partial charge in [-0.3, -0.25) is 24.6 Å². The summed E-state index contributed by atoms with van der Waals surface area (Å²) in [5, 5.41) is 25.0. The molecule has 4 rings (SSSR count). The van der Waals surface area contributed by atoms with E-state index in [1.165, 1.54) is 51.1 Å². The molecule has 0 radical (unpaired) electrons. The van der Waals surface area contributed by atoms with Crippen LogP contribution in [-0.2, 0) is 25.6 Å². The fraction of sp³-hybridized carbons (Fsp3) is 0.421. The van der Waals surface area contributed by atoms with Crippen LogP contribution in [0.2, 0.25) is 0 Å². The molecule has 4 heterocycles. The van der Waals surface area contributed by atoms with Gasteiger partial charge < -0.3 is 21.1 Å². The van der Waals surface area contributed by atoms with Gasteiger partial charge in [0.2, 0.25) is 16.9 Å². The van der Waals surface area contributed by atoms with E-state index in [-0.39, 0.29) is 36.2 Å². The van der Waals surface area contributed by atoms with Crippen molar-refractivity contribution in [2.24, 2.45) is 0 Å². The number of carboxylic acid groups (broad SMARTS) is 1. The molecule has 36 heavy (non-hydrogen) atoms. The van der Waals surface area contributed by atoms with Gasteiger partial charge in [0.1, 0.15) is 17.1 Å². The Balaban J connectivity index is 1.37. The van der Waals surface area contributed by atoms with E-state index >= 15 is 0 Å². The van der Waals surface area contributed by atoms with E-state index < -0.39 is 23.3 Å². The van der Waals surface area contributed by atoms with E-state index in [0.717, 1.165) is 0 Å². The summed E-state index contributed by atoms with van der Waals surface area (Å²) in [5.41, 5.74) is 6.59. The van der Waals surface area contributed by atoms with Gasteiger partial charge in [-0.1, -0.05) is 23.1 Å². The molecule has 0 saturated carbocycles. The van der Waals surface area contributed by atoms with E-state index in [4.69, 9.17) is 5.73 Å². The van der Waals surface area contributed by atoms with Crippen LogP contribution in [0.15, 0.2) is 21.0 Å². The van der Waals surface area contributed by atoms with Gasteiger partial charge in [-0.05, 0) is 19.7 Å². The van der Waals surface area contributed by atoms with Crippen molar-refractivity contribution in [2.75, 3.05) is 43.2 Å². The van der Waals surface area contributed by atoms with Crippen LogP contribution in [0.4, 0.5) is 10.3 Å². The van der Waals surface area contributed by atoms with Gasteiger partial charge in [0.25, 0.3) is 5.91 Å². The van der Waals surface area contributed by atoms with Crippen LogP contribution in [0.25, 0.3) is 0 Å². The van der Waals surface area contributed by atoms with Gasteiger partial charge in [0.05, 0.1) is 18.7 Å². The lowest BCUT2D eigenvalue weighted by molar-refractivity contribution is -0.150. The lowest BCUT2D eigenvalue weighted by atomic mass is 10.0. The third-order valence-electron chi connectivity index (χ3n) is 4.96. The Morgan fingerprint density at radius 1 is 1.31 bits per heavy atom. The number of amides is 3. The molecule has 2 aliphatic heterocycles. The molecular formula is C19H22N8O5S4. The quantitative estimate of drug-likeness (QED) is 0.173. The number of thiazole rings is 1. The van der Waals surface area contributed by atoms with Gasteiger partial charge in [0, 0.05) is 16.9 Å². The number of nitrogen functional groups attached to an aromatic ring is 1. The average Bonchev–Trinajstić information content (AvgIpc) is 3.42. The number of nitrogens with zero attached hydrogens (tertiary/aromatic N) is 5. The van der Waals surface area contributed by atoms with Crippen LogP contribution in [-0.4, -0.2) is 97.3 Å². The molecule has 0 spiro atoms. The largest absolute Gasteiger partial charge is 0.477 e.